The van der Waals surface area contributed by atoms with Gasteiger partial charge in [-0.15, -0.1) is 0 Å². The van der Waals surface area contributed by atoms with Crippen molar-refractivity contribution < 1.29 is 22.8 Å². The molecular weight excluding hydrogens is 501 g/mol. The molecule has 0 aliphatic carbocycles. The van der Waals surface area contributed by atoms with Crippen LogP contribution in [0.3, 0.4) is 0 Å². The number of amides is 3. The molecule has 2 aromatic carbocycles. The van der Waals surface area contributed by atoms with Crippen molar-refractivity contribution >= 4 is 50.9 Å². The Labute approximate surface area is 208 Å². The number of hydrogen-bond donors (Lipinski definition) is 1. The van der Waals surface area contributed by atoms with Gasteiger partial charge in [-0.1, -0.05) is 48.3 Å². The summed E-state index contributed by atoms with van der Waals surface area (Å²) >= 11 is 12.6. The first-order valence-electron chi connectivity index (χ1n) is 10.7. The van der Waals surface area contributed by atoms with E-state index in [0.717, 1.165) is 0 Å². The molecule has 2 atom stereocenters. The van der Waals surface area contributed by atoms with Crippen LogP contribution in [-0.4, -0.2) is 54.0 Å². The molecule has 182 valence electrons. The molecule has 34 heavy (non-hydrogen) atoms. The number of sulfonamides is 1. The van der Waals surface area contributed by atoms with E-state index in [9.17, 15) is 22.8 Å². The predicted molar refractivity (Wildman–Crippen MR) is 129 cm³/mol. The quantitative estimate of drug-likeness (QED) is 0.568. The van der Waals surface area contributed by atoms with Gasteiger partial charge in [0.1, 0.15) is 17.5 Å². The van der Waals surface area contributed by atoms with Crippen LogP contribution in [0.25, 0.3) is 0 Å². The Morgan fingerprint density at radius 1 is 1.06 bits per heavy atom. The zero-order chi connectivity index (χ0) is 25.2. The summed E-state index contributed by atoms with van der Waals surface area (Å²) in [6.45, 7) is 4.34. The van der Waals surface area contributed by atoms with Crippen LogP contribution in [0.4, 0.5) is 0 Å². The summed E-state index contributed by atoms with van der Waals surface area (Å²) in [4.78, 5) is 40.1. The van der Waals surface area contributed by atoms with Gasteiger partial charge in [-0.2, -0.15) is 0 Å². The van der Waals surface area contributed by atoms with Gasteiger partial charge in [-0.25, -0.2) is 12.7 Å². The molecule has 1 aliphatic heterocycles. The highest BCUT2D eigenvalue weighted by molar-refractivity contribution is 7.90. The van der Waals surface area contributed by atoms with Crippen molar-refractivity contribution in [3.8, 4) is 0 Å². The molecule has 11 heteroatoms. The van der Waals surface area contributed by atoms with Crippen molar-refractivity contribution in [1.82, 2.24) is 14.5 Å². The van der Waals surface area contributed by atoms with Gasteiger partial charge in [-0.3, -0.25) is 14.4 Å². The standard InChI is InChI=1S/C23H25Cl2N3O5S/c1-4-14(2)26-22(30)15(3)27(12-17-18(24)9-7-10-19(17)25)21(29)13-28-23(31)16-8-5-6-11-20(16)34(28,32)33/h5-11,14-15H,4,12-13H2,1-3H3,(H,26,30)/t14-,15-/m1/s1. The largest absolute Gasteiger partial charge is 0.352 e. The fourth-order valence-corrected chi connectivity index (χ4v) is 5.54. The van der Waals surface area contributed by atoms with Gasteiger partial charge in [0, 0.05) is 28.2 Å². The van der Waals surface area contributed by atoms with E-state index in [2.05, 4.69) is 5.32 Å². The van der Waals surface area contributed by atoms with Crippen molar-refractivity contribution in [1.29, 1.82) is 0 Å². The van der Waals surface area contributed by atoms with Gasteiger partial charge < -0.3 is 10.2 Å². The number of halogens is 2. The molecule has 0 aromatic heterocycles. The Kier molecular flexibility index (Phi) is 7.90. The maximum atomic E-state index is 13.4. The van der Waals surface area contributed by atoms with Crippen molar-refractivity contribution in [2.75, 3.05) is 6.54 Å². The molecule has 1 heterocycles. The van der Waals surface area contributed by atoms with E-state index in [1.807, 2.05) is 13.8 Å². The minimum absolute atomic E-state index is 0.00133. The number of carbonyl (C=O) groups is 3. The molecule has 8 nitrogen and oxygen atoms in total. The number of benzene rings is 2. The monoisotopic (exact) mass is 525 g/mol. The predicted octanol–water partition coefficient (Wildman–Crippen LogP) is 3.47. The van der Waals surface area contributed by atoms with Crippen molar-refractivity contribution in [2.45, 2.75) is 50.7 Å². The molecule has 3 amide bonds. The Bertz CT molecular complexity index is 1210. The fraction of sp³-hybridized carbons (Fsp3) is 0.348. The normalized spacial score (nSPS) is 16.0. The van der Waals surface area contributed by atoms with E-state index >= 15 is 0 Å². The summed E-state index contributed by atoms with van der Waals surface area (Å²) in [5.74, 6) is -1.96. The van der Waals surface area contributed by atoms with Gasteiger partial charge in [0.15, 0.2) is 0 Å². The third kappa shape index (κ3) is 5.06. The molecule has 3 rings (SSSR count). The smallest absolute Gasteiger partial charge is 0.269 e. The van der Waals surface area contributed by atoms with E-state index < -0.39 is 40.3 Å². The summed E-state index contributed by atoms with van der Waals surface area (Å²) < 4.78 is 26.4. The van der Waals surface area contributed by atoms with Crippen molar-refractivity contribution in [2.24, 2.45) is 0 Å². The molecule has 0 spiro atoms. The summed E-state index contributed by atoms with van der Waals surface area (Å²) in [6, 6.07) is 9.47. The second kappa shape index (κ2) is 10.3. The van der Waals surface area contributed by atoms with E-state index in [4.69, 9.17) is 23.2 Å². The Morgan fingerprint density at radius 3 is 2.26 bits per heavy atom. The lowest BCUT2D eigenvalue weighted by molar-refractivity contribution is -0.140. The minimum atomic E-state index is -4.20. The second-order valence-electron chi connectivity index (χ2n) is 8.03. The van der Waals surface area contributed by atoms with E-state index in [1.54, 1.807) is 24.3 Å². The van der Waals surface area contributed by atoms with Crippen LogP contribution in [0.1, 0.15) is 43.1 Å². The molecular formula is C23H25Cl2N3O5S. The van der Waals surface area contributed by atoms with Crippen LogP contribution in [0.5, 0.6) is 0 Å². The highest BCUT2D eigenvalue weighted by Crippen LogP contribution is 2.31. The molecule has 0 unspecified atom stereocenters. The van der Waals surface area contributed by atoms with Crippen LogP contribution < -0.4 is 5.32 Å². The molecule has 0 bridgehead atoms. The zero-order valence-corrected chi connectivity index (χ0v) is 21.2. The van der Waals surface area contributed by atoms with Gasteiger partial charge >= 0.3 is 0 Å². The molecule has 0 radical (unpaired) electrons. The van der Waals surface area contributed by atoms with Crippen molar-refractivity contribution in [3.63, 3.8) is 0 Å². The molecule has 0 saturated carbocycles. The van der Waals surface area contributed by atoms with Crippen LogP contribution in [0.15, 0.2) is 47.4 Å². The number of hydrogen-bond acceptors (Lipinski definition) is 5. The molecule has 0 fully saturated rings. The highest BCUT2D eigenvalue weighted by atomic mass is 35.5. The second-order valence-corrected chi connectivity index (χ2v) is 10.7. The van der Waals surface area contributed by atoms with Crippen molar-refractivity contribution in [3.05, 3.63) is 63.6 Å². The molecule has 0 saturated heterocycles. The first-order valence-corrected chi connectivity index (χ1v) is 12.9. The fourth-order valence-electron chi connectivity index (χ4n) is 3.50. The van der Waals surface area contributed by atoms with Crippen LogP contribution in [0, 0.1) is 0 Å². The molecule has 1 aliphatic rings. The lowest BCUT2D eigenvalue weighted by Gasteiger charge is -2.31. The number of rotatable bonds is 8. The summed E-state index contributed by atoms with van der Waals surface area (Å²) in [7, 11) is -4.20. The topological polar surface area (TPSA) is 104 Å². The van der Waals surface area contributed by atoms with Gasteiger partial charge in [-0.05, 0) is 44.5 Å². The van der Waals surface area contributed by atoms with Gasteiger partial charge in [0.25, 0.3) is 15.9 Å². The van der Waals surface area contributed by atoms with E-state index in [1.165, 1.54) is 30.0 Å². The maximum Gasteiger partial charge on any atom is 0.269 e. The van der Waals surface area contributed by atoms with Gasteiger partial charge in [0.2, 0.25) is 11.8 Å². The van der Waals surface area contributed by atoms with E-state index in [0.29, 0.717) is 16.3 Å². The summed E-state index contributed by atoms with van der Waals surface area (Å²) in [5.41, 5.74) is 0.403. The number of nitrogens with one attached hydrogen (secondary N) is 1. The average Bonchev–Trinajstić information content (AvgIpc) is 2.99. The Balaban J connectivity index is 1.93. The zero-order valence-electron chi connectivity index (χ0n) is 18.9. The lowest BCUT2D eigenvalue weighted by Crippen LogP contribution is -2.52. The summed E-state index contributed by atoms with van der Waals surface area (Å²) in [6.07, 6.45) is 0.682. The molecule has 1 N–H and O–H groups in total. The Hall–Kier alpha value is -2.62. The first-order chi connectivity index (χ1) is 16.0. The van der Waals surface area contributed by atoms with E-state index in [-0.39, 0.29) is 33.1 Å². The SMILES string of the molecule is CC[C@@H](C)NC(=O)[C@@H](C)N(Cc1c(Cl)cccc1Cl)C(=O)CN1C(=O)c2ccccc2S1(=O)=O. The van der Waals surface area contributed by atoms with Gasteiger partial charge in [0.05, 0.1) is 5.56 Å². The number of carbonyl (C=O) groups excluding carboxylic acids is 3. The lowest BCUT2D eigenvalue weighted by atomic mass is 10.1. The Morgan fingerprint density at radius 2 is 1.68 bits per heavy atom. The number of fused-ring (bicyclic) bond motifs is 1. The minimum Gasteiger partial charge on any atom is -0.352 e. The van der Waals surface area contributed by atoms with Crippen LogP contribution >= 0.6 is 23.2 Å². The third-order valence-electron chi connectivity index (χ3n) is 5.75. The van der Waals surface area contributed by atoms with Crippen LogP contribution in [-0.2, 0) is 26.2 Å². The average molecular weight is 526 g/mol. The third-order valence-corrected chi connectivity index (χ3v) is 8.24. The maximum absolute atomic E-state index is 13.4. The van der Waals surface area contributed by atoms with Crippen LogP contribution in [0.2, 0.25) is 10.0 Å². The number of nitrogens with zero attached hydrogens (tertiary/aromatic N) is 2. The summed E-state index contributed by atoms with van der Waals surface area (Å²) in [5, 5.41) is 3.39. The molecule has 2 aromatic rings. The highest BCUT2D eigenvalue weighted by Gasteiger charge is 2.43. The first kappa shape index (κ1) is 26.0.